The third-order valence-electron chi connectivity index (χ3n) is 3.61. The van der Waals surface area contributed by atoms with Crippen molar-refractivity contribution in [2.75, 3.05) is 17.2 Å². The van der Waals surface area contributed by atoms with Gasteiger partial charge in [-0.25, -0.2) is 4.39 Å². The maximum atomic E-state index is 14.1. The van der Waals surface area contributed by atoms with Crippen LogP contribution in [0.1, 0.15) is 12.5 Å². The lowest BCUT2D eigenvalue weighted by Crippen LogP contribution is -2.30. The van der Waals surface area contributed by atoms with Crippen LogP contribution in [0.5, 0.6) is 0 Å². The van der Waals surface area contributed by atoms with Gasteiger partial charge in [0.1, 0.15) is 5.82 Å². The van der Waals surface area contributed by atoms with Gasteiger partial charge in [-0.15, -0.1) is 0 Å². The van der Waals surface area contributed by atoms with Crippen molar-refractivity contribution >= 4 is 17.1 Å². The maximum Gasteiger partial charge on any atom is 0.148 e. The fourth-order valence-electron chi connectivity index (χ4n) is 2.77. The second kappa shape index (κ2) is 4.57. The molecule has 0 bridgehead atoms. The van der Waals surface area contributed by atoms with Crippen LogP contribution in [-0.4, -0.2) is 6.54 Å². The van der Waals surface area contributed by atoms with Crippen LogP contribution in [0, 0.1) is 11.7 Å². The van der Waals surface area contributed by atoms with Crippen LogP contribution in [-0.2, 0) is 6.42 Å². The summed E-state index contributed by atoms with van der Waals surface area (Å²) in [5.41, 5.74) is 9.06. The van der Waals surface area contributed by atoms with E-state index in [1.165, 1.54) is 11.6 Å². The van der Waals surface area contributed by atoms with E-state index in [4.69, 9.17) is 5.73 Å². The van der Waals surface area contributed by atoms with E-state index in [9.17, 15) is 4.39 Å². The van der Waals surface area contributed by atoms with E-state index >= 15 is 0 Å². The van der Waals surface area contributed by atoms with Crippen molar-refractivity contribution in [3.05, 3.63) is 53.8 Å². The molecule has 0 fully saturated rings. The molecule has 0 saturated heterocycles. The number of rotatable bonds is 1. The predicted molar refractivity (Wildman–Crippen MR) is 77.1 cm³/mol. The molecule has 2 aromatic rings. The van der Waals surface area contributed by atoms with Crippen LogP contribution in [0.4, 0.5) is 21.5 Å². The summed E-state index contributed by atoms with van der Waals surface area (Å²) < 4.78 is 14.1. The number of fused-ring (bicyclic) bond motifs is 1. The molecule has 0 radical (unpaired) electrons. The summed E-state index contributed by atoms with van der Waals surface area (Å²) in [7, 11) is 0. The molecule has 1 aliphatic heterocycles. The minimum Gasteiger partial charge on any atom is -0.399 e. The average molecular weight is 256 g/mol. The van der Waals surface area contributed by atoms with Gasteiger partial charge in [0.2, 0.25) is 0 Å². The Balaban J connectivity index is 2.10. The zero-order valence-electron chi connectivity index (χ0n) is 10.9. The summed E-state index contributed by atoms with van der Waals surface area (Å²) in [6.07, 6.45) is 1.04. The van der Waals surface area contributed by atoms with Gasteiger partial charge in [0.25, 0.3) is 0 Å². The van der Waals surface area contributed by atoms with E-state index in [-0.39, 0.29) is 5.82 Å². The molecular formula is C16H17FN2. The van der Waals surface area contributed by atoms with E-state index in [1.54, 1.807) is 12.1 Å². The molecule has 0 saturated carbocycles. The Kier molecular flexibility index (Phi) is 2.90. The molecule has 0 amide bonds. The molecule has 0 aliphatic carbocycles. The minimum atomic E-state index is -0.260. The molecule has 98 valence electrons. The minimum absolute atomic E-state index is 0.260. The predicted octanol–water partition coefficient (Wildman–Crippen LogP) is 3.74. The van der Waals surface area contributed by atoms with E-state index in [0.29, 0.717) is 17.3 Å². The Hall–Kier alpha value is -2.03. The van der Waals surface area contributed by atoms with Gasteiger partial charge in [0.05, 0.1) is 5.69 Å². The Bertz CT molecular complexity index is 609. The van der Waals surface area contributed by atoms with E-state index in [1.807, 2.05) is 12.1 Å². The van der Waals surface area contributed by atoms with Gasteiger partial charge in [-0.05, 0) is 42.2 Å². The highest BCUT2D eigenvalue weighted by molar-refractivity contribution is 5.69. The largest absolute Gasteiger partial charge is 0.399 e. The average Bonchev–Trinajstić information content (AvgIpc) is 2.38. The van der Waals surface area contributed by atoms with Crippen LogP contribution < -0.4 is 10.6 Å². The molecule has 2 nitrogen and oxygen atoms in total. The highest BCUT2D eigenvalue weighted by Gasteiger charge is 2.24. The Morgan fingerprint density at radius 1 is 1.16 bits per heavy atom. The van der Waals surface area contributed by atoms with Gasteiger partial charge in [-0.2, -0.15) is 0 Å². The van der Waals surface area contributed by atoms with Crippen LogP contribution in [0.25, 0.3) is 0 Å². The molecule has 3 heteroatoms. The van der Waals surface area contributed by atoms with E-state index < -0.39 is 0 Å². The standard InChI is InChI=1S/C16H17FN2/c1-11-8-12-4-2-3-5-15(12)19(10-11)16-7-6-13(18)9-14(16)17/h2-7,9,11H,8,10,18H2,1H3. The van der Waals surface area contributed by atoms with Gasteiger partial charge in [-0.1, -0.05) is 25.1 Å². The first-order valence-corrected chi connectivity index (χ1v) is 6.55. The van der Waals surface area contributed by atoms with Crippen molar-refractivity contribution in [1.29, 1.82) is 0 Å². The lowest BCUT2D eigenvalue weighted by atomic mass is 9.93. The Morgan fingerprint density at radius 3 is 2.74 bits per heavy atom. The fourth-order valence-corrected chi connectivity index (χ4v) is 2.77. The molecule has 2 N–H and O–H groups in total. The fraction of sp³-hybridized carbons (Fsp3) is 0.250. The smallest absolute Gasteiger partial charge is 0.148 e. The van der Waals surface area contributed by atoms with Crippen LogP contribution in [0.15, 0.2) is 42.5 Å². The number of anilines is 3. The van der Waals surface area contributed by atoms with Gasteiger partial charge in [0, 0.05) is 17.9 Å². The molecule has 3 rings (SSSR count). The third kappa shape index (κ3) is 2.16. The summed E-state index contributed by atoms with van der Waals surface area (Å²) in [5.74, 6) is 0.246. The highest BCUT2D eigenvalue weighted by atomic mass is 19.1. The number of benzene rings is 2. The van der Waals surface area contributed by atoms with Gasteiger partial charge in [0.15, 0.2) is 0 Å². The lowest BCUT2D eigenvalue weighted by Gasteiger charge is -2.35. The molecule has 2 aromatic carbocycles. The number of para-hydroxylation sites is 1. The molecule has 1 heterocycles. The van der Waals surface area contributed by atoms with Crippen molar-refractivity contribution in [3.63, 3.8) is 0 Å². The van der Waals surface area contributed by atoms with Gasteiger partial charge >= 0.3 is 0 Å². The second-order valence-corrected chi connectivity index (χ2v) is 5.26. The molecule has 1 unspecified atom stereocenters. The molecule has 1 atom stereocenters. The molecule has 0 aromatic heterocycles. The lowest BCUT2D eigenvalue weighted by molar-refractivity contribution is 0.552. The normalized spacial score (nSPS) is 18.2. The Labute approximate surface area is 112 Å². The molecular weight excluding hydrogens is 239 g/mol. The number of nitrogen functional groups attached to an aromatic ring is 1. The number of nitrogens with zero attached hydrogens (tertiary/aromatic N) is 1. The van der Waals surface area contributed by atoms with Crippen LogP contribution in [0.2, 0.25) is 0 Å². The molecule has 0 spiro atoms. The zero-order valence-corrected chi connectivity index (χ0v) is 10.9. The Morgan fingerprint density at radius 2 is 1.95 bits per heavy atom. The topological polar surface area (TPSA) is 29.3 Å². The quantitative estimate of drug-likeness (QED) is 0.788. The van der Waals surface area contributed by atoms with Crippen LogP contribution >= 0.6 is 0 Å². The molecule has 19 heavy (non-hydrogen) atoms. The zero-order chi connectivity index (χ0) is 13.4. The second-order valence-electron chi connectivity index (χ2n) is 5.26. The summed E-state index contributed by atoms with van der Waals surface area (Å²) in [6, 6.07) is 13.1. The number of halogens is 1. The van der Waals surface area contributed by atoms with E-state index in [0.717, 1.165) is 18.7 Å². The molecule has 1 aliphatic rings. The summed E-state index contributed by atoms with van der Waals surface area (Å²) >= 11 is 0. The highest BCUT2D eigenvalue weighted by Crippen LogP contribution is 2.36. The van der Waals surface area contributed by atoms with Crippen molar-refractivity contribution < 1.29 is 4.39 Å². The van der Waals surface area contributed by atoms with Gasteiger partial charge < -0.3 is 10.6 Å². The van der Waals surface area contributed by atoms with Gasteiger partial charge in [-0.3, -0.25) is 0 Å². The number of nitrogens with two attached hydrogens (primary N) is 1. The first kappa shape index (κ1) is 12.0. The monoisotopic (exact) mass is 256 g/mol. The van der Waals surface area contributed by atoms with Crippen molar-refractivity contribution in [3.8, 4) is 0 Å². The summed E-state index contributed by atoms with van der Waals surface area (Å²) in [4.78, 5) is 2.05. The van der Waals surface area contributed by atoms with Crippen molar-refractivity contribution in [2.24, 2.45) is 5.92 Å². The first-order valence-electron chi connectivity index (χ1n) is 6.55. The first-order chi connectivity index (χ1) is 9.15. The number of hydrogen-bond acceptors (Lipinski definition) is 2. The number of hydrogen-bond donors (Lipinski definition) is 1. The SMILES string of the molecule is CC1Cc2ccccc2N(c2ccc(N)cc2F)C1. The van der Waals surface area contributed by atoms with E-state index in [2.05, 4.69) is 24.0 Å². The van der Waals surface area contributed by atoms with Crippen LogP contribution in [0.3, 0.4) is 0 Å². The van der Waals surface area contributed by atoms with Crippen molar-refractivity contribution in [1.82, 2.24) is 0 Å². The summed E-state index contributed by atoms with van der Waals surface area (Å²) in [6.45, 7) is 3.02. The third-order valence-corrected chi connectivity index (χ3v) is 3.61. The maximum absolute atomic E-state index is 14.1. The van der Waals surface area contributed by atoms with Crippen molar-refractivity contribution in [2.45, 2.75) is 13.3 Å². The summed E-state index contributed by atoms with van der Waals surface area (Å²) in [5, 5.41) is 0.